The van der Waals surface area contributed by atoms with Crippen molar-refractivity contribution in [1.82, 2.24) is 34.1 Å². The van der Waals surface area contributed by atoms with Crippen LogP contribution in [0.1, 0.15) is 26.6 Å². The predicted octanol–water partition coefficient (Wildman–Crippen LogP) is 5.25. The Hall–Kier alpha value is -3.89. The molecule has 0 spiro atoms. The number of nitro groups is 1. The van der Waals surface area contributed by atoms with Gasteiger partial charge in [-0.3, -0.25) is 14.7 Å². The smallest absolute Gasteiger partial charge is 0.404 e. The maximum absolute atomic E-state index is 14.3. The summed E-state index contributed by atoms with van der Waals surface area (Å²) in [5, 5.41) is 19.7. The molecule has 0 radical (unpaired) electrons. The lowest BCUT2D eigenvalue weighted by molar-refractivity contribution is -0.384. The highest BCUT2D eigenvalue weighted by molar-refractivity contribution is 6.74. The molecule has 12 nitrogen and oxygen atoms in total. The Morgan fingerprint density at radius 3 is 2.36 bits per heavy atom. The number of benzene rings is 1. The Morgan fingerprint density at radius 1 is 1.10 bits per heavy atom. The predicted molar refractivity (Wildman–Crippen MR) is 150 cm³/mol. The molecule has 3 aromatic heterocycles. The molecular formula is C25H28ClF3N8O4Si. The molecule has 0 aliphatic heterocycles. The summed E-state index contributed by atoms with van der Waals surface area (Å²) in [5.41, 5.74) is -0.820. The second-order valence-electron chi connectivity index (χ2n) is 11.0. The molecule has 1 aromatic carbocycles. The van der Waals surface area contributed by atoms with Crippen LogP contribution in [-0.4, -0.2) is 59.6 Å². The van der Waals surface area contributed by atoms with E-state index in [0.29, 0.717) is 10.6 Å². The second-order valence-corrected chi connectivity index (χ2v) is 16.2. The van der Waals surface area contributed by atoms with Crippen LogP contribution in [0.4, 0.5) is 18.9 Å². The zero-order valence-electron chi connectivity index (χ0n) is 23.3. The van der Waals surface area contributed by atoms with E-state index in [1.54, 1.807) is 13.1 Å². The van der Waals surface area contributed by atoms with Crippen LogP contribution >= 0.6 is 11.6 Å². The van der Waals surface area contributed by atoms with E-state index in [9.17, 15) is 28.1 Å². The average molecular weight is 625 g/mol. The van der Waals surface area contributed by atoms with Gasteiger partial charge in [0.05, 0.1) is 11.5 Å². The van der Waals surface area contributed by atoms with Crippen LogP contribution in [0.3, 0.4) is 0 Å². The summed E-state index contributed by atoms with van der Waals surface area (Å²) >= 11 is 6.00. The summed E-state index contributed by atoms with van der Waals surface area (Å²) in [7, 11) is -2.91. The van der Waals surface area contributed by atoms with Gasteiger partial charge in [-0.1, -0.05) is 32.4 Å². The molecule has 0 amide bonds. The zero-order valence-corrected chi connectivity index (χ0v) is 25.1. The summed E-state index contributed by atoms with van der Waals surface area (Å²) in [5.74, 6) is -0.115. The van der Waals surface area contributed by atoms with Gasteiger partial charge in [-0.2, -0.15) is 17.9 Å². The first-order chi connectivity index (χ1) is 19.5. The third-order valence-electron chi connectivity index (χ3n) is 6.99. The molecule has 0 fully saturated rings. The fourth-order valence-electron chi connectivity index (χ4n) is 3.74. The fourth-order valence-corrected chi connectivity index (χ4v) is 5.14. The van der Waals surface area contributed by atoms with E-state index in [-0.39, 0.29) is 29.7 Å². The molecule has 0 saturated heterocycles. The van der Waals surface area contributed by atoms with E-state index in [4.69, 9.17) is 16.0 Å². The summed E-state index contributed by atoms with van der Waals surface area (Å²) < 4.78 is 51.6. The van der Waals surface area contributed by atoms with Gasteiger partial charge < -0.3 is 4.43 Å². The van der Waals surface area contributed by atoms with Crippen molar-refractivity contribution in [3.63, 3.8) is 0 Å². The van der Waals surface area contributed by atoms with Crippen LogP contribution in [-0.2, 0) is 17.5 Å². The topological polar surface area (TPSA) is 136 Å². The van der Waals surface area contributed by atoms with E-state index in [2.05, 4.69) is 20.2 Å². The quantitative estimate of drug-likeness (QED) is 0.140. The Labute approximate surface area is 244 Å². The molecule has 0 unspecified atom stereocenters. The van der Waals surface area contributed by atoms with Crippen LogP contribution in [0.2, 0.25) is 23.2 Å². The second kappa shape index (κ2) is 11.4. The lowest BCUT2D eigenvalue weighted by Crippen LogP contribution is -2.50. The molecule has 4 aromatic rings. The Balaban J connectivity index is 1.75. The van der Waals surface area contributed by atoms with Crippen LogP contribution in [0.15, 0.2) is 53.7 Å². The third-order valence-corrected chi connectivity index (χ3v) is 11.7. The van der Waals surface area contributed by atoms with Crippen molar-refractivity contribution in [3.05, 3.63) is 80.4 Å². The highest BCUT2D eigenvalue weighted by Gasteiger charge is 2.48. The standard InChI is InChI=1S/C25H28ClF3N8O4Si/c1-24(2,3)42(4,5)41-19(25(27,28)29)13-34-21(16-8-10-17(26)11-9-16)33-35(23(34)38)14-20-31-15-36(32-20)22-18(37(39)40)7-6-12-30-22/h6-12,15,19H,13-14H2,1-5H3/t19-/m0/s1. The minimum absolute atomic E-state index is 0.0225. The normalized spacial score (nSPS) is 13.4. The van der Waals surface area contributed by atoms with Crippen molar-refractivity contribution in [2.24, 2.45) is 0 Å². The first-order valence-electron chi connectivity index (χ1n) is 12.7. The SMILES string of the molecule is CC(C)(C)[Si](C)(C)O[C@@H](Cn1c(-c2ccc(Cl)cc2)nn(Cc2ncn(-c3ncccc3[N+](=O)[O-])n2)c1=O)C(F)(F)F. The van der Waals surface area contributed by atoms with Crippen molar-refractivity contribution in [2.75, 3.05) is 0 Å². The summed E-state index contributed by atoms with van der Waals surface area (Å²) in [6, 6.07) is 8.77. The zero-order chi connectivity index (χ0) is 31.0. The van der Waals surface area contributed by atoms with Crippen LogP contribution in [0.5, 0.6) is 0 Å². The summed E-state index contributed by atoms with van der Waals surface area (Å²) in [4.78, 5) is 32.4. The largest absolute Gasteiger partial charge is 0.415 e. The molecule has 0 saturated carbocycles. The van der Waals surface area contributed by atoms with Gasteiger partial charge in [-0.05, 0) is 48.5 Å². The number of hydrogen-bond donors (Lipinski definition) is 0. The Kier molecular flexibility index (Phi) is 8.44. The van der Waals surface area contributed by atoms with Gasteiger partial charge in [-0.25, -0.2) is 19.4 Å². The molecule has 17 heteroatoms. The molecule has 1 atom stereocenters. The lowest BCUT2D eigenvalue weighted by Gasteiger charge is -2.39. The number of rotatable bonds is 9. The van der Waals surface area contributed by atoms with Crippen molar-refractivity contribution in [1.29, 1.82) is 0 Å². The van der Waals surface area contributed by atoms with Crippen molar-refractivity contribution < 1.29 is 22.5 Å². The first kappa shape index (κ1) is 31.1. The molecule has 0 aliphatic carbocycles. The van der Waals surface area contributed by atoms with Gasteiger partial charge in [-0.15, -0.1) is 10.2 Å². The molecular weight excluding hydrogens is 597 g/mol. The highest BCUT2D eigenvalue weighted by atomic mass is 35.5. The monoisotopic (exact) mass is 624 g/mol. The molecule has 42 heavy (non-hydrogen) atoms. The van der Waals surface area contributed by atoms with Gasteiger partial charge >= 0.3 is 17.6 Å². The van der Waals surface area contributed by atoms with Crippen LogP contribution in [0.25, 0.3) is 17.2 Å². The van der Waals surface area contributed by atoms with Gasteiger partial charge in [0, 0.05) is 22.8 Å². The van der Waals surface area contributed by atoms with E-state index >= 15 is 0 Å². The number of alkyl halides is 3. The van der Waals surface area contributed by atoms with E-state index in [1.807, 2.05) is 20.8 Å². The number of pyridine rings is 1. The Bertz CT molecular complexity index is 1640. The van der Waals surface area contributed by atoms with Crippen LogP contribution < -0.4 is 5.69 Å². The minimum atomic E-state index is -4.77. The molecule has 4 rings (SSSR count). The van der Waals surface area contributed by atoms with Crippen molar-refractivity contribution >= 4 is 25.6 Å². The molecule has 224 valence electrons. The highest BCUT2D eigenvalue weighted by Crippen LogP contribution is 2.40. The maximum atomic E-state index is 14.3. The van der Waals surface area contributed by atoms with Gasteiger partial charge in [0.25, 0.3) is 0 Å². The first-order valence-corrected chi connectivity index (χ1v) is 15.9. The number of aromatic nitrogens is 7. The lowest BCUT2D eigenvalue weighted by atomic mass is 10.2. The minimum Gasteiger partial charge on any atom is -0.404 e. The van der Waals surface area contributed by atoms with Gasteiger partial charge in [0.1, 0.15) is 12.9 Å². The fraction of sp³-hybridized carbons (Fsp3) is 0.400. The number of hydrogen-bond acceptors (Lipinski definition) is 8. The number of nitrogens with zero attached hydrogens (tertiary/aromatic N) is 8. The van der Waals surface area contributed by atoms with Crippen LogP contribution in [0, 0.1) is 10.1 Å². The third kappa shape index (κ3) is 6.60. The Morgan fingerprint density at radius 2 is 1.76 bits per heavy atom. The van der Waals surface area contributed by atoms with E-state index < -0.39 is 42.8 Å². The molecule has 0 aliphatic rings. The van der Waals surface area contributed by atoms with E-state index in [1.165, 1.54) is 48.9 Å². The molecule has 0 bridgehead atoms. The molecule has 0 N–H and O–H groups in total. The molecule has 3 heterocycles. The summed E-state index contributed by atoms with van der Waals surface area (Å²) in [6.45, 7) is 7.69. The van der Waals surface area contributed by atoms with Gasteiger partial charge in [0.15, 0.2) is 26.1 Å². The van der Waals surface area contributed by atoms with E-state index in [0.717, 1.165) is 13.9 Å². The van der Waals surface area contributed by atoms with Gasteiger partial charge in [0.2, 0.25) is 5.82 Å². The number of halogens is 4. The summed E-state index contributed by atoms with van der Waals surface area (Å²) in [6.07, 6.45) is -4.52. The van der Waals surface area contributed by atoms with Crippen molar-refractivity contribution in [2.45, 2.75) is 64.3 Å². The van der Waals surface area contributed by atoms with Crippen molar-refractivity contribution in [3.8, 4) is 17.2 Å². The average Bonchev–Trinajstić information content (AvgIpc) is 3.48. The maximum Gasteiger partial charge on any atom is 0.415 e.